The molecule has 2 saturated heterocycles. The van der Waals surface area contributed by atoms with Crippen molar-refractivity contribution in [2.45, 2.75) is 64.6 Å². The van der Waals surface area contributed by atoms with E-state index < -0.39 is 0 Å². The highest BCUT2D eigenvalue weighted by molar-refractivity contribution is 5.59. The molecule has 2 atom stereocenters. The Morgan fingerprint density at radius 3 is 2.78 bits per heavy atom. The first-order valence-corrected chi connectivity index (χ1v) is 13.5. The predicted molar refractivity (Wildman–Crippen MR) is 143 cm³/mol. The predicted octanol–water partition coefficient (Wildman–Crippen LogP) is 3.35. The molecule has 3 aliphatic heterocycles. The number of halogens is 1. The Kier molecular flexibility index (Phi) is 7.77. The maximum absolute atomic E-state index is 14.2. The van der Waals surface area contributed by atoms with E-state index in [-0.39, 0.29) is 11.9 Å². The van der Waals surface area contributed by atoms with Crippen LogP contribution in [0.4, 0.5) is 15.9 Å². The molecule has 0 radical (unpaired) electrons. The van der Waals surface area contributed by atoms with E-state index in [0.29, 0.717) is 37.2 Å². The van der Waals surface area contributed by atoms with Crippen molar-refractivity contribution in [3.63, 3.8) is 0 Å². The number of nitriles is 1. The second kappa shape index (κ2) is 11.2. The van der Waals surface area contributed by atoms with E-state index in [1.807, 2.05) is 19.9 Å². The van der Waals surface area contributed by atoms with Crippen molar-refractivity contribution < 1.29 is 9.13 Å². The highest BCUT2D eigenvalue weighted by Crippen LogP contribution is 2.33. The summed E-state index contributed by atoms with van der Waals surface area (Å²) in [6.45, 7) is 9.38. The quantitative estimate of drug-likeness (QED) is 0.638. The molecule has 1 unspecified atom stereocenters. The van der Waals surface area contributed by atoms with Gasteiger partial charge in [0, 0.05) is 49.5 Å². The number of nitrogens with zero attached hydrogens (tertiary/aromatic N) is 6. The molecule has 37 heavy (non-hydrogen) atoms. The zero-order chi connectivity index (χ0) is 25.9. The average molecular weight is 508 g/mol. The van der Waals surface area contributed by atoms with Crippen LogP contribution in [0.1, 0.15) is 48.1 Å². The first-order valence-electron chi connectivity index (χ1n) is 13.5. The highest BCUT2D eigenvalue weighted by Gasteiger charge is 2.29. The zero-order valence-corrected chi connectivity index (χ0v) is 22.3. The van der Waals surface area contributed by atoms with Crippen molar-refractivity contribution >= 4 is 11.5 Å². The molecule has 198 valence electrons. The number of fused-ring (bicyclic) bond motifs is 1. The van der Waals surface area contributed by atoms with Gasteiger partial charge in [-0.25, -0.2) is 4.39 Å². The van der Waals surface area contributed by atoms with Crippen molar-refractivity contribution in [1.82, 2.24) is 20.2 Å². The molecule has 8 nitrogen and oxygen atoms in total. The molecule has 1 N–H and O–H groups in total. The Bertz CT molecular complexity index is 1170. The lowest BCUT2D eigenvalue weighted by Gasteiger charge is -2.35. The van der Waals surface area contributed by atoms with Gasteiger partial charge in [-0.2, -0.15) is 15.2 Å². The van der Waals surface area contributed by atoms with Crippen molar-refractivity contribution in [2.75, 3.05) is 56.2 Å². The molecule has 0 spiro atoms. The molecule has 2 fully saturated rings. The van der Waals surface area contributed by atoms with E-state index in [9.17, 15) is 9.65 Å². The number of nitrogens with one attached hydrogen (secondary N) is 1. The highest BCUT2D eigenvalue weighted by atomic mass is 19.1. The van der Waals surface area contributed by atoms with Gasteiger partial charge >= 0.3 is 6.01 Å². The van der Waals surface area contributed by atoms with Gasteiger partial charge in [0.1, 0.15) is 18.2 Å². The monoisotopic (exact) mass is 507 g/mol. The van der Waals surface area contributed by atoms with E-state index >= 15 is 0 Å². The van der Waals surface area contributed by atoms with E-state index in [1.165, 1.54) is 12.0 Å². The van der Waals surface area contributed by atoms with Gasteiger partial charge in [-0.1, -0.05) is 0 Å². The summed E-state index contributed by atoms with van der Waals surface area (Å²) in [5.41, 5.74) is 4.87. The third-order valence-corrected chi connectivity index (χ3v) is 8.25. The normalized spacial score (nSPS) is 22.5. The van der Waals surface area contributed by atoms with Crippen LogP contribution in [0.15, 0.2) is 12.1 Å². The average Bonchev–Trinajstić information content (AvgIpc) is 3.18. The lowest BCUT2D eigenvalue weighted by molar-refractivity contribution is 0.187. The van der Waals surface area contributed by atoms with Crippen LogP contribution in [0.25, 0.3) is 0 Å². The van der Waals surface area contributed by atoms with Crippen LogP contribution in [-0.4, -0.2) is 73.3 Å². The largest absolute Gasteiger partial charge is 0.462 e. The fraction of sp³-hybridized carbons (Fsp3) is 0.607. The number of piperazine rings is 1. The number of aromatic nitrogens is 2. The van der Waals surface area contributed by atoms with Crippen LogP contribution in [0.3, 0.4) is 0 Å². The third kappa shape index (κ3) is 5.51. The molecule has 1 aromatic heterocycles. The van der Waals surface area contributed by atoms with E-state index in [0.717, 1.165) is 74.7 Å². The van der Waals surface area contributed by atoms with Gasteiger partial charge in [0.2, 0.25) is 0 Å². The number of hydrogen-bond acceptors (Lipinski definition) is 8. The van der Waals surface area contributed by atoms with E-state index in [4.69, 9.17) is 14.7 Å². The summed E-state index contributed by atoms with van der Waals surface area (Å²) in [5.74, 6) is 0.775. The fourth-order valence-corrected chi connectivity index (χ4v) is 5.86. The molecule has 2 aromatic rings. The molecular formula is C28H38FN7O. The molecule has 0 amide bonds. The van der Waals surface area contributed by atoms with Crippen molar-refractivity contribution in [3.8, 4) is 12.1 Å². The van der Waals surface area contributed by atoms with Gasteiger partial charge in [0.05, 0.1) is 24.7 Å². The van der Waals surface area contributed by atoms with Crippen LogP contribution in [-0.2, 0) is 13.0 Å². The topological polar surface area (TPSA) is 80.6 Å². The molecule has 0 aliphatic carbocycles. The van der Waals surface area contributed by atoms with Crippen LogP contribution < -0.4 is 19.9 Å². The number of likely N-dealkylation sites (tertiary alicyclic amines) is 1. The summed E-state index contributed by atoms with van der Waals surface area (Å²) >= 11 is 0. The Labute approximate surface area is 219 Å². The van der Waals surface area contributed by atoms with E-state index in [2.05, 4.69) is 33.1 Å². The minimum atomic E-state index is -0.167. The van der Waals surface area contributed by atoms with Crippen molar-refractivity contribution in [2.24, 2.45) is 0 Å². The number of benzene rings is 1. The Balaban J connectivity index is 1.48. The van der Waals surface area contributed by atoms with Crippen LogP contribution in [0.5, 0.6) is 6.01 Å². The first-order chi connectivity index (χ1) is 17.9. The summed E-state index contributed by atoms with van der Waals surface area (Å²) in [6.07, 6.45) is 4.61. The summed E-state index contributed by atoms with van der Waals surface area (Å²) in [6, 6.07) is 6.69. The number of rotatable bonds is 6. The minimum absolute atomic E-state index is 0.119. The molecule has 5 rings (SSSR count). The second-order valence-electron chi connectivity index (χ2n) is 10.6. The molecule has 1 aromatic carbocycles. The smallest absolute Gasteiger partial charge is 0.318 e. The number of ether oxygens (including phenoxy) is 1. The zero-order valence-electron chi connectivity index (χ0n) is 22.3. The molecule has 0 saturated carbocycles. The molecule has 9 heteroatoms. The molecule has 3 aliphatic rings. The fourth-order valence-electron chi connectivity index (χ4n) is 5.86. The maximum Gasteiger partial charge on any atom is 0.318 e. The number of likely N-dealkylation sites (N-methyl/N-ethyl adjacent to an activating group) is 1. The van der Waals surface area contributed by atoms with E-state index in [1.54, 1.807) is 6.07 Å². The van der Waals surface area contributed by atoms with Crippen LogP contribution in [0.2, 0.25) is 0 Å². The standard InChI is InChI=1S/C28H38FN7O/c1-19-20(2)26(9-8-24(19)29)35-14-5-7-23-25(17-35)32-28(37-18-22-6-4-13-34(22)3)33-27(23)36-15-12-31-21(16-36)10-11-30/h8-9,21-22,31H,4-7,10,12-18H2,1-3H3/t21?,22-/m0/s1. The summed E-state index contributed by atoms with van der Waals surface area (Å²) in [4.78, 5) is 16.9. The van der Waals surface area contributed by atoms with Crippen molar-refractivity contribution in [1.29, 1.82) is 5.26 Å². The third-order valence-electron chi connectivity index (χ3n) is 8.25. The molecule has 4 heterocycles. The number of anilines is 2. The summed E-state index contributed by atoms with van der Waals surface area (Å²) in [5, 5.41) is 12.7. The van der Waals surface area contributed by atoms with Crippen LogP contribution >= 0.6 is 0 Å². The first kappa shape index (κ1) is 25.7. The van der Waals surface area contributed by atoms with Gasteiger partial charge < -0.3 is 24.8 Å². The Hall–Kier alpha value is -2.96. The molecular weight excluding hydrogens is 469 g/mol. The summed E-state index contributed by atoms with van der Waals surface area (Å²) in [7, 11) is 2.14. The molecule has 0 bridgehead atoms. The van der Waals surface area contributed by atoms with Gasteiger partial charge in [0.25, 0.3) is 0 Å². The van der Waals surface area contributed by atoms with Gasteiger partial charge in [0.15, 0.2) is 0 Å². The maximum atomic E-state index is 14.2. The Morgan fingerprint density at radius 1 is 1.14 bits per heavy atom. The van der Waals surface area contributed by atoms with Gasteiger partial charge in [-0.05, 0) is 76.4 Å². The lowest BCUT2D eigenvalue weighted by Crippen LogP contribution is -2.51. The minimum Gasteiger partial charge on any atom is -0.462 e. The second-order valence-corrected chi connectivity index (χ2v) is 10.6. The Morgan fingerprint density at radius 2 is 2.00 bits per heavy atom. The summed E-state index contributed by atoms with van der Waals surface area (Å²) < 4.78 is 20.4. The van der Waals surface area contributed by atoms with Gasteiger partial charge in [-0.3, -0.25) is 0 Å². The SMILES string of the molecule is Cc1c(F)ccc(N2CCCc3c(nc(OC[C@@H]4CCCN4C)nc3N3CCNC(CC#N)C3)C2)c1C. The van der Waals surface area contributed by atoms with Crippen molar-refractivity contribution in [3.05, 3.63) is 40.3 Å². The number of hydrogen-bond donors (Lipinski definition) is 1. The van der Waals surface area contributed by atoms with Crippen LogP contribution in [0, 0.1) is 31.0 Å². The lowest BCUT2D eigenvalue weighted by atomic mass is 10.1. The van der Waals surface area contributed by atoms with Gasteiger partial charge in [-0.15, -0.1) is 0 Å².